The molecule has 0 spiro atoms. The SMILES string of the molecule is CC.CC1(C)OB(c2ccc3c(c2)Oc2cc(B4OC(C)(C)C(C)(C)O4)ccc2N3)OC1(C)C. The summed E-state index contributed by atoms with van der Waals surface area (Å²) in [5.74, 6) is 1.46. The lowest BCUT2D eigenvalue weighted by atomic mass is 9.78. The highest BCUT2D eigenvalue weighted by molar-refractivity contribution is 6.62. The van der Waals surface area contributed by atoms with Crippen LogP contribution in [-0.4, -0.2) is 36.6 Å². The number of hydrogen-bond donors (Lipinski definition) is 1. The molecule has 3 aliphatic heterocycles. The lowest BCUT2D eigenvalue weighted by molar-refractivity contribution is 0.00578. The van der Waals surface area contributed by atoms with E-state index in [1.165, 1.54) is 0 Å². The van der Waals surface area contributed by atoms with Crippen LogP contribution in [0, 0.1) is 0 Å². The minimum Gasteiger partial charge on any atom is -0.453 e. The Morgan fingerprint density at radius 3 is 1.21 bits per heavy atom. The normalized spacial score (nSPS) is 22.6. The molecule has 182 valence electrons. The van der Waals surface area contributed by atoms with Crippen molar-refractivity contribution in [2.24, 2.45) is 0 Å². The zero-order valence-electron chi connectivity index (χ0n) is 22.2. The minimum atomic E-state index is -0.439. The van der Waals surface area contributed by atoms with E-state index in [0.717, 1.165) is 33.8 Å². The fraction of sp³-hybridized carbons (Fsp3) is 0.538. The molecule has 3 heterocycles. The Bertz CT molecular complexity index is 967. The van der Waals surface area contributed by atoms with E-state index in [-0.39, 0.29) is 0 Å². The second-order valence-electron chi connectivity index (χ2n) is 10.9. The van der Waals surface area contributed by atoms with Crippen molar-refractivity contribution in [1.82, 2.24) is 0 Å². The Kier molecular flexibility index (Phi) is 6.13. The first-order valence-electron chi connectivity index (χ1n) is 12.2. The van der Waals surface area contributed by atoms with E-state index in [2.05, 4.69) is 60.7 Å². The molecule has 8 heteroatoms. The van der Waals surface area contributed by atoms with Crippen molar-refractivity contribution < 1.29 is 23.4 Å². The lowest BCUT2D eigenvalue weighted by Gasteiger charge is -2.32. The van der Waals surface area contributed by atoms with Crippen LogP contribution in [0.25, 0.3) is 0 Å². The number of nitrogens with one attached hydrogen (secondary N) is 1. The third kappa shape index (κ3) is 4.15. The topological polar surface area (TPSA) is 58.2 Å². The number of anilines is 2. The van der Waals surface area contributed by atoms with Crippen molar-refractivity contribution in [3.8, 4) is 11.5 Å². The summed E-state index contributed by atoms with van der Waals surface area (Å²) in [5.41, 5.74) is 2.09. The van der Waals surface area contributed by atoms with E-state index in [0.29, 0.717) is 0 Å². The minimum absolute atomic E-state index is 0.392. The van der Waals surface area contributed by atoms with Gasteiger partial charge in [-0.2, -0.15) is 0 Å². The van der Waals surface area contributed by atoms with Gasteiger partial charge in [0, 0.05) is 0 Å². The largest absolute Gasteiger partial charge is 0.494 e. The maximum Gasteiger partial charge on any atom is 0.494 e. The predicted molar refractivity (Wildman–Crippen MR) is 139 cm³/mol. The highest BCUT2D eigenvalue weighted by Gasteiger charge is 2.53. The number of hydrogen-bond acceptors (Lipinski definition) is 6. The van der Waals surface area contributed by atoms with Crippen LogP contribution in [0.5, 0.6) is 11.5 Å². The predicted octanol–water partition coefficient (Wildman–Crippen LogP) is 5.16. The van der Waals surface area contributed by atoms with E-state index in [1.807, 2.05) is 50.2 Å². The molecule has 0 amide bonds. The van der Waals surface area contributed by atoms with Gasteiger partial charge in [0.25, 0.3) is 0 Å². The molecule has 5 rings (SSSR count). The van der Waals surface area contributed by atoms with Gasteiger partial charge in [-0.05, 0) is 90.6 Å². The quantitative estimate of drug-likeness (QED) is 0.528. The molecule has 2 fully saturated rings. The maximum atomic E-state index is 6.30. The monoisotopic (exact) mass is 465 g/mol. The number of rotatable bonds is 2. The second kappa shape index (κ2) is 8.30. The fourth-order valence-corrected chi connectivity index (χ4v) is 3.97. The summed E-state index contributed by atoms with van der Waals surface area (Å²) in [5, 5.41) is 3.45. The van der Waals surface area contributed by atoms with Crippen LogP contribution < -0.4 is 21.0 Å². The lowest BCUT2D eigenvalue weighted by Crippen LogP contribution is -2.41. The summed E-state index contributed by atoms with van der Waals surface area (Å²) in [6.07, 6.45) is 0. The second-order valence-corrected chi connectivity index (χ2v) is 10.9. The van der Waals surface area contributed by atoms with Crippen molar-refractivity contribution in [3.05, 3.63) is 36.4 Å². The summed E-state index contributed by atoms with van der Waals surface area (Å²) < 4.78 is 31.1. The van der Waals surface area contributed by atoms with Gasteiger partial charge in [0.2, 0.25) is 0 Å². The first-order chi connectivity index (χ1) is 15.8. The molecule has 0 saturated carbocycles. The number of fused-ring (bicyclic) bond motifs is 2. The van der Waals surface area contributed by atoms with Gasteiger partial charge in [-0.1, -0.05) is 26.0 Å². The van der Waals surface area contributed by atoms with Gasteiger partial charge in [-0.15, -0.1) is 0 Å². The van der Waals surface area contributed by atoms with Crippen LogP contribution in [0.2, 0.25) is 0 Å². The molecule has 1 N–H and O–H groups in total. The first kappa shape index (κ1) is 25.1. The van der Waals surface area contributed by atoms with Crippen molar-refractivity contribution in [2.75, 3.05) is 5.32 Å². The highest BCUT2D eigenvalue weighted by Crippen LogP contribution is 2.43. The maximum absolute atomic E-state index is 6.30. The third-order valence-electron chi connectivity index (χ3n) is 7.55. The molecule has 0 bridgehead atoms. The van der Waals surface area contributed by atoms with Gasteiger partial charge in [-0.25, -0.2) is 0 Å². The standard InChI is InChI=1S/C24H31B2NO5.C2H6/c1-21(2)22(3,4)30-25(29-21)15-9-11-17-19(13-15)28-20-14-16(10-12-18(20)27-17)26-31-23(5,6)24(7,8)32-26;1-2/h9-14,27H,1-8H3;1-2H3. The van der Waals surface area contributed by atoms with E-state index >= 15 is 0 Å². The highest BCUT2D eigenvalue weighted by atomic mass is 16.7. The average Bonchev–Trinajstić information content (AvgIpc) is 3.12. The molecule has 2 aromatic carbocycles. The number of ether oxygens (including phenoxy) is 1. The molecule has 0 radical (unpaired) electrons. The molecule has 3 aliphatic rings. The van der Waals surface area contributed by atoms with E-state index in [9.17, 15) is 0 Å². The van der Waals surface area contributed by atoms with Crippen LogP contribution in [0.1, 0.15) is 69.2 Å². The van der Waals surface area contributed by atoms with Gasteiger partial charge in [-0.3, -0.25) is 0 Å². The molecular weight excluding hydrogens is 428 g/mol. The molecule has 0 aliphatic carbocycles. The zero-order valence-corrected chi connectivity index (χ0v) is 22.2. The Morgan fingerprint density at radius 1 is 0.559 bits per heavy atom. The summed E-state index contributed by atoms with van der Waals surface area (Å²) in [7, 11) is -0.877. The average molecular weight is 465 g/mol. The van der Waals surface area contributed by atoms with Crippen LogP contribution >= 0.6 is 0 Å². The van der Waals surface area contributed by atoms with Crippen molar-refractivity contribution in [3.63, 3.8) is 0 Å². The number of benzene rings is 2. The molecule has 34 heavy (non-hydrogen) atoms. The summed E-state index contributed by atoms with van der Waals surface area (Å²) >= 11 is 0. The first-order valence-corrected chi connectivity index (χ1v) is 12.2. The molecule has 0 unspecified atom stereocenters. The molecule has 6 nitrogen and oxygen atoms in total. The van der Waals surface area contributed by atoms with E-state index in [4.69, 9.17) is 23.4 Å². The zero-order chi connectivity index (χ0) is 25.1. The van der Waals surface area contributed by atoms with Gasteiger partial charge in [0.1, 0.15) is 0 Å². The summed E-state index contributed by atoms with van der Waals surface area (Å²) in [6, 6.07) is 12.0. The van der Waals surface area contributed by atoms with Crippen LogP contribution in [0.4, 0.5) is 11.4 Å². The van der Waals surface area contributed by atoms with Crippen molar-refractivity contribution >= 4 is 36.5 Å². The van der Waals surface area contributed by atoms with Crippen LogP contribution in [0.15, 0.2) is 36.4 Å². The van der Waals surface area contributed by atoms with E-state index < -0.39 is 36.6 Å². The molecular formula is C26H37B2NO5. The van der Waals surface area contributed by atoms with Crippen molar-refractivity contribution in [1.29, 1.82) is 0 Å². The Balaban J connectivity index is 0.00000133. The molecule has 0 atom stereocenters. The Hall–Kier alpha value is -1.99. The van der Waals surface area contributed by atoms with E-state index in [1.54, 1.807) is 0 Å². The molecule has 0 aromatic heterocycles. The van der Waals surface area contributed by atoms with Gasteiger partial charge in [0.05, 0.1) is 33.8 Å². The molecule has 2 saturated heterocycles. The van der Waals surface area contributed by atoms with Crippen molar-refractivity contribution in [2.45, 2.75) is 91.6 Å². The summed E-state index contributed by atoms with van der Waals surface area (Å²) in [6.45, 7) is 20.4. The Labute approximate surface area is 204 Å². The van der Waals surface area contributed by atoms with Gasteiger partial charge < -0.3 is 28.7 Å². The fourth-order valence-electron chi connectivity index (χ4n) is 3.97. The summed E-state index contributed by atoms with van der Waals surface area (Å²) in [4.78, 5) is 0. The smallest absolute Gasteiger partial charge is 0.453 e. The van der Waals surface area contributed by atoms with Gasteiger partial charge >= 0.3 is 14.2 Å². The van der Waals surface area contributed by atoms with Crippen LogP contribution in [0.3, 0.4) is 0 Å². The third-order valence-corrected chi connectivity index (χ3v) is 7.55. The Morgan fingerprint density at radius 2 is 0.882 bits per heavy atom. The van der Waals surface area contributed by atoms with Gasteiger partial charge in [0.15, 0.2) is 11.5 Å². The van der Waals surface area contributed by atoms with Crippen LogP contribution in [-0.2, 0) is 18.6 Å². The molecule has 2 aromatic rings.